The van der Waals surface area contributed by atoms with E-state index in [1.54, 1.807) is 25.1 Å². The van der Waals surface area contributed by atoms with Crippen molar-refractivity contribution in [1.82, 2.24) is 4.98 Å². The molecule has 1 aromatic carbocycles. The van der Waals surface area contributed by atoms with Crippen LogP contribution in [0.3, 0.4) is 0 Å². The number of ether oxygens (including phenoxy) is 1. The van der Waals surface area contributed by atoms with Crippen LogP contribution in [0.1, 0.15) is 19.4 Å². The summed E-state index contributed by atoms with van der Waals surface area (Å²) in [5.74, 6) is 0.216. The van der Waals surface area contributed by atoms with Crippen LogP contribution in [0, 0.1) is 11.3 Å². The number of nitrogens with one attached hydrogen (secondary N) is 2. The Morgan fingerprint density at radius 1 is 1.52 bits per heavy atom. The number of fused-ring (bicyclic) bond motifs is 1. The van der Waals surface area contributed by atoms with Gasteiger partial charge in [0.05, 0.1) is 29.1 Å². The topological polar surface area (TPSA) is 87.0 Å². The summed E-state index contributed by atoms with van der Waals surface area (Å²) in [6, 6.07) is 5.40. The van der Waals surface area contributed by atoms with Crippen LogP contribution in [-0.2, 0) is 4.79 Å². The van der Waals surface area contributed by atoms with Crippen molar-refractivity contribution in [2.45, 2.75) is 13.8 Å². The smallest absolute Gasteiger partial charge is 0.248 e. The molecule has 0 aliphatic heterocycles. The molecule has 2 N–H and O–H groups in total. The molecular formula is C16H15ClN4O2. The molecule has 0 spiro atoms. The molecular weight excluding hydrogens is 316 g/mol. The summed E-state index contributed by atoms with van der Waals surface area (Å²) >= 11 is 5.74. The van der Waals surface area contributed by atoms with Gasteiger partial charge >= 0.3 is 0 Å². The van der Waals surface area contributed by atoms with E-state index >= 15 is 0 Å². The van der Waals surface area contributed by atoms with Crippen molar-refractivity contribution >= 4 is 40.0 Å². The molecule has 0 atom stereocenters. The lowest BCUT2D eigenvalue weighted by Gasteiger charge is -2.14. The monoisotopic (exact) mass is 330 g/mol. The third kappa shape index (κ3) is 3.52. The third-order valence-electron chi connectivity index (χ3n) is 3.06. The highest BCUT2D eigenvalue weighted by Crippen LogP contribution is 2.35. The Labute approximate surface area is 138 Å². The number of halogens is 1. The second-order valence-electron chi connectivity index (χ2n) is 4.54. The first-order chi connectivity index (χ1) is 11.1. The summed E-state index contributed by atoms with van der Waals surface area (Å²) in [6.45, 7) is 4.04. The highest BCUT2D eigenvalue weighted by Gasteiger charge is 2.14. The summed E-state index contributed by atoms with van der Waals surface area (Å²) in [4.78, 5) is 18.5. The maximum Gasteiger partial charge on any atom is 0.248 e. The van der Waals surface area contributed by atoms with Crippen LogP contribution in [0.4, 0.5) is 11.4 Å². The second kappa shape index (κ2) is 7.47. The molecule has 6 nitrogen and oxygen atoms in total. The molecule has 0 bridgehead atoms. The zero-order chi connectivity index (χ0) is 16.8. The Morgan fingerprint density at radius 3 is 2.91 bits per heavy atom. The lowest BCUT2D eigenvalue weighted by molar-refractivity contribution is -0.111. The number of aromatic nitrogens is 1. The first kappa shape index (κ1) is 16.6. The average Bonchev–Trinajstić information content (AvgIpc) is 2.54. The quantitative estimate of drug-likeness (QED) is 0.646. The molecule has 0 saturated heterocycles. The van der Waals surface area contributed by atoms with E-state index in [0.29, 0.717) is 40.2 Å². The van der Waals surface area contributed by atoms with Gasteiger partial charge in [-0.15, -0.1) is 0 Å². The molecule has 7 heteroatoms. The van der Waals surface area contributed by atoms with E-state index in [-0.39, 0.29) is 5.91 Å². The van der Waals surface area contributed by atoms with Crippen molar-refractivity contribution in [3.8, 4) is 11.8 Å². The lowest BCUT2D eigenvalue weighted by atomic mass is 10.1. The summed E-state index contributed by atoms with van der Waals surface area (Å²) in [7, 11) is 0. The van der Waals surface area contributed by atoms with E-state index in [0.717, 1.165) is 0 Å². The SMILES string of the molecule is CC=CC(=O)Nc1cc2c(NCl)c(C#N)cnc2cc1OCC. The van der Waals surface area contributed by atoms with E-state index in [1.165, 1.54) is 12.3 Å². The molecule has 0 unspecified atom stereocenters. The number of rotatable bonds is 5. The van der Waals surface area contributed by atoms with Gasteiger partial charge in [-0.2, -0.15) is 5.26 Å². The summed E-state index contributed by atoms with van der Waals surface area (Å²) in [5, 5.41) is 12.5. The molecule has 0 fully saturated rings. The average molecular weight is 331 g/mol. The zero-order valence-electron chi connectivity index (χ0n) is 12.7. The zero-order valence-corrected chi connectivity index (χ0v) is 13.4. The standard InChI is InChI=1S/C16H15ClN4O2/c1-3-5-15(22)20-13-6-11-12(7-14(13)23-4-2)19-9-10(8-18)16(11)21-17/h3,5-7,9H,4H2,1-2H3,(H,19,21)(H,20,22). The Balaban J connectivity index is 2.65. The summed E-state index contributed by atoms with van der Waals surface area (Å²) in [5.41, 5.74) is 1.82. The number of anilines is 2. The second-order valence-corrected chi connectivity index (χ2v) is 4.73. The number of nitriles is 1. The Morgan fingerprint density at radius 2 is 2.30 bits per heavy atom. The predicted molar refractivity (Wildman–Crippen MR) is 90.5 cm³/mol. The van der Waals surface area contributed by atoms with E-state index < -0.39 is 0 Å². The van der Waals surface area contributed by atoms with Crippen molar-refractivity contribution in [2.24, 2.45) is 0 Å². The number of amides is 1. The first-order valence-corrected chi connectivity index (χ1v) is 7.32. The van der Waals surface area contributed by atoms with Crippen molar-refractivity contribution in [3.63, 3.8) is 0 Å². The van der Waals surface area contributed by atoms with Crippen LogP contribution in [0.25, 0.3) is 10.9 Å². The van der Waals surface area contributed by atoms with E-state index in [9.17, 15) is 4.79 Å². The molecule has 23 heavy (non-hydrogen) atoms. The van der Waals surface area contributed by atoms with Gasteiger partial charge in [0.1, 0.15) is 11.8 Å². The van der Waals surface area contributed by atoms with Crippen LogP contribution in [0.2, 0.25) is 0 Å². The fourth-order valence-corrected chi connectivity index (χ4v) is 2.31. The number of hydrogen-bond donors (Lipinski definition) is 2. The minimum atomic E-state index is -0.280. The van der Waals surface area contributed by atoms with Gasteiger partial charge in [0.2, 0.25) is 5.91 Å². The maximum absolute atomic E-state index is 11.8. The normalized spacial score (nSPS) is 10.5. The van der Waals surface area contributed by atoms with E-state index in [2.05, 4.69) is 15.1 Å². The molecule has 0 radical (unpaired) electrons. The van der Waals surface area contributed by atoms with Crippen LogP contribution < -0.4 is 14.9 Å². The van der Waals surface area contributed by atoms with Crippen LogP contribution in [0.15, 0.2) is 30.5 Å². The summed E-state index contributed by atoms with van der Waals surface area (Å²) in [6.07, 6.45) is 4.48. The fourth-order valence-electron chi connectivity index (χ4n) is 2.10. The number of allylic oxidation sites excluding steroid dienone is 1. The van der Waals surface area contributed by atoms with Crippen molar-refractivity contribution < 1.29 is 9.53 Å². The molecule has 2 rings (SSSR count). The number of pyridine rings is 1. The maximum atomic E-state index is 11.8. The molecule has 2 aromatic rings. The summed E-state index contributed by atoms with van der Waals surface area (Å²) < 4.78 is 5.56. The van der Waals surface area contributed by atoms with Crippen molar-refractivity contribution in [2.75, 3.05) is 16.8 Å². The van der Waals surface area contributed by atoms with Crippen molar-refractivity contribution in [3.05, 3.63) is 36.0 Å². The van der Waals surface area contributed by atoms with Gasteiger partial charge in [-0.1, -0.05) is 6.08 Å². The van der Waals surface area contributed by atoms with E-state index in [4.69, 9.17) is 21.8 Å². The molecule has 0 saturated carbocycles. The molecule has 1 aromatic heterocycles. The first-order valence-electron chi connectivity index (χ1n) is 6.94. The number of carbonyl (C=O) groups excluding carboxylic acids is 1. The minimum Gasteiger partial charge on any atom is -0.492 e. The molecule has 1 amide bonds. The lowest BCUT2D eigenvalue weighted by Crippen LogP contribution is -2.10. The molecule has 0 aliphatic carbocycles. The minimum absolute atomic E-state index is 0.280. The molecule has 118 valence electrons. The molecule has 0 aliphatic rings. The van der Waals surface area contributed by atoms with Crippen LogP contribution >= 0.6 is 11.8 Å². The number of benzene rings is 1. The van der Waals surface area contributed by atoms with Gasteiger partial charge in [-0.25, -0.2) is 0 Å². The number of carbonyl (C=O) groups is 1. The Kier molecular flexibility index (Phi) is 5.39. The van der Waals surface area contributed by atoms with Gasteiger partial charge < -0.3 is 10.1 Å². The van der Waals surface area contributed by atoms with Gasteiger partial charge in [-0.05, 0) is 26.0 Å². The number of hydrogen-bond acceptors (Lipinski definition) is 5. The highest BCUT2D eigenvalue weighted by atomic mass is 35.5. The molecule has 1 heterocycles. The largest absolute Gasteiger partial charge is 0.492 e. The highest BCUT2D eigenvalue weighted by molar-refractivity contribution is 6.26. The van der Waals surface area contributed by atoms with Crippen molar-refractivity contribution in [1.29, 1.82) is 5.26 Å². The Bertz CT molecular complexity index is 812. The van der Waals surface area contributed by atoms with Gasteiger partial charge in [0, 0.05) is 29.4 Å². The fraction of sp³-hybridized carbons (Fsp3) is 0.188. The van der Waals surface area contributed by atoms with Gasteiger partial charge in [-0.3, -0.25) is 14.6 Å². The van der Waals surface area contributed by atoms with E-state index in [1.807, 2.05) is 13.0 Å². The predicted octanol–water partition coefficient (Wildman–Crippen LogP) is 3.59. The Hall–Kier alpha value is -2.78. The van der Waals surface area contributed by atoms with Crippen LogP contribution in [0.5, 0.6) is 5.75 Å². The number of nitrogens with zero attached hydrogens (tertiary/aromatic N) is 2. The third-order valence-corrected chi connectivity index (χ3v) is 3.25. The van der Waals surface area contributed by atoms with Crippen LogP contribution in [-0.4, -0.2) is 17.5 Å². The van der Waals surface area contributed by atoms with Gasteiger partial charge in [0.25, 0.3) is 0 Å². The van der Waals surface area contributed by atoms with Gasteiger partial charge in [0.15, 0.2) is 0 Å².